The maximum atomic E-state index is 12.8. The maximum Gasteiger partial charge on any atom is 0.258 e. The Balaban J connectivity index is 1.69. The van der Waals surface area contributed by atoms with E-state index in [-0.39, 0.29) is 17.3 Å². The molecule has 3 rings (SSSR count). The fourth-order valence-corrected chi connectivity index (χ4v) is 3.83. The van der Waals surface area contributed by atoms with Crippen molar-refractivity contribution in [3.05, 3.63) is 78.1 Å². The van der Waals surface area contributed by atoms with Crippen molar-refractivity contribution in [3.63, 3.8) is 0 Å². The summed E-state index contributed by atoms with van der Waals surface area (Å²) in [6, 6.07) is 15.5. The molecule has 0 aliphatic heterocycles. The van der Waals surface area contributed by atoms with Crippen LogP contribution in [0.3, 0.4) is 0 Å². The summed E-state index contributed by atoms with van der Waals surface area (Å²) < 4.78 is 28.5. The van der Waals surface area contributed by atoms with Gasteiger partial charge in [0, 0.05) is 32.0 Å². The van der Waals surface area contributed by atoms with Crippen LogP contribution in [0.1, 0.15) is 22.8 Å². The third-order valence-corrected chi connectivity index (χ3v) is 6.11. The lowest BCUT2D eigenvalue weighted by atomic mass is 10.2. The molecule has 3 aromatic rings. The lowest BCUT2D eigenvalue weighted by Gasteiger charge is -2.17. The molecule has 146 valence electrons. The fourth-order valence-electron chi connectivity index (χ4n) is 2.67. The molecule has 28 heavy (non-hydrogen) atoms. The summed E-state index contributed by atoms with van der Waals surface area (Å²) in [7, 11) is -2.08. The second-order valence-electron chi connectivity index (χ2n) is 6.31. The summed E-state index contributed by atoms with van der Waals surface area (Å²) in [4.78, 5) is 12.4. The number of amides is 1. The number of benzene rings is 2. The van der Waals surface area contributed by atoms with E-state index >= 15 is 0 Å². The van der Waals surface area contributed by atoms with Gasteiger partial charge in [-0.05, 0) is 36.8 Å². The summed E-state index contributed by atoms with van der Waals surface area (Å²) in [6.07, 6.45) is 3.16. The van der Waals surface area contributed by atoms with Crippen molar-refractivity contribution in [3.8, 4) is 0 Å². The van der Waals surface area contributed by atoms with Crippen molar-refractivity contribution >= 4 is 21.6 Å². The highest BCUT2D eigenvalue weighted by Crippen LogP contribution is 2.19. The number of rotatable bonds is 7. The number of carbonyl (C=O) groups is 1. The van der Waals surface area contributed by atoms with Crippen molar-refractivity contribution in [2.75, 3.05) is 12.4 Å². The predicted octanol–water partition coefficient (Wildman–Crippen LogP) is 2.98. The number of anilines is 1. The van der Waals surface area contributed by atoms with E-state index in [0.717, 1.165) is 5.56 Å². The standard InChI is InChI=1S/C20H22N4O3S/c1-3-24-15-17(13-21-24)20(25)22-18-9-11-19(12-10-18)28(26,27)23(2)14-16-7-5-4-6-8-16/h4-13,15H,3,14H2,1-2H3,(H,22,25). The van der Waals surface area contributed by atoms with E-state index in [4.69, 9.17) is 0 Å². The van der Waals surface area contributed by atoms with Crippen molar-refractivity contribution in [2.24, 2.45) is 0 Å². The predicted molar refractivity (Wildman–Crippen MR) is 107 cm³/mol. The molecule has 0 spiro atoms. The van der Waals surface area contributed by atoms with Crippen LogP contribution in [0.4, 0.5) is 5.69 Å². The first kappa shape index (κ1) is 19.8. The van der Waals surface area contributed by atoms with E-state index in [9.17, 15) is 13.2 Å². The molecule has 0 aliphatic rings. The number of hydrogen-bond acceptors (Lipinski definition) is 4. The number of aromatic nitrogens is 2. The minimum absolute atomic E-state index is 0.169. The molecule has 0 bridgehead atoms. The summed E-state index contributed by atoms with van der Waals surface area (Å²) in [5, 5.41) is 6.81. The van der Waals surface area contributed by atoms with Crippen LogP contribution in [0.2, 0.25) is 0 Å². The number of aryl methyl sites for hydroxylation is 1. The van der Waals surface area contributed by atoms with E-state index in [1.807, 2.05) is 37.3 Å². The second-order valence-corrected chi connectivity index (χ2v) is 8.35. The Bertz CT molecular complexity index is 1040. The zero-order valence-corrected chi connectivity index (χ0v) is 16.6. The fraction of sp³-hybridized carbons (Fsp3) is 0.200. The van der Waals surface area contributed by atoms with Gasteiger partial charge in [0.1, 0.15) is 0 Å². The molecule has 0 atom stereocenters. The minimum Gasteiger partial charge on any atom is -0.322 e. The highest BCUT2D eigenvalue weighted by Gasteiger charge is 2.21. The Morgan fingerprint density at radius 3 is 2.39 bits per heavy atom. The third-order valence-electron chi connectivity index (χ3n) is 4.29. The van der Waals surface area contributed by atoms with Gasteiger partial charge in [-0.15, -0.1) is 0 Å². The van der Waals surface area contributed by atoms with Crippen LogP contribution in [0.25, 0.3) is 0 Å². The Morgan fingerprint density at radius 1 is 1.11 bits per heavy atom. The SMILES string of the molecule is CCn1cc(C(=O)Nc2ccc(S(=O)(=O)N(C)Cc3ccccc3)cc2)cn1. The van der Waals surface area contributed by atoms with Crippen molar-refractivity contribution in [1.82, 2.24) is 14.1 Å². The van der Waals surface area contributed by atoms with Gasteiger partial charge in [-0.2, -0.15) is 9.40 Å². The van der Waals surface area contributed by atoms with Gasteiger partial charge in [-0.3, -0.25) is 9.48 Å². The number of nitrogens with one attached hydrogen (secondary N) is 1. The number of nitrogens with zero attached hydrogens (tertiary/aromatic N) is 3. The molecule has 0 radical (unpaired) electrons. The highest BCUT2D eigenvalue weighted by molar-refractivity contribution is 7.89. The van der Waals surface area contributed by atoms with Crippen molar-refractivity contribution < 1.29 is 13.2 Å². The lowest BCUT2D eigenvalue weighted by Crippen LogP contribution is -2.26. The minimum atomic E-state index is -3.63. The monoisotopic (exact) mass is 398 g/mol. The molecular formula is C20H22N4O3S. The molecule has 0 unspecified atom stereocenters. The van der Waals surface area contributed by atoms with Crippen LogP contribution in [0, 0.1) is 0 Å². The van der Waals surface area contributed by atoms with E-state index in [0.29, 0.717) is 17.8 Å². The van der Waals surface area contributed by atoms with E-state index in [1.54, 1.807) is 30.1 Å². The Kier molecular flexibility index (Phi) is 5.91. The molecule has 1 aromatic heterocycles. The average molecular weight is 398 g/mol. The third kappa shape index (κ3) is 4.47. The van der Waals surface area contributed by atoms with Gasteiger partial charge < -0.3 is 5.32 Å². The Labute approximate surface area is 164 Å². The molecule has 0 aliphatic carbocycles. The average Bonchev–Trinajstić information content (AvgIpc) is 3.18. The smallest absolute Gasteiger partial charge is 0.258 e. The molecule has 1 amide bonds. The number of hydrogen-bond donors (Lipinski definition) is 1. The van der Waals surface area contributed by atoms with E-state index in [2.05, 4.69) is 10.4 Å². The lowest BCUT2D eigenvalue weighted by molar-refractivity contribution is 0.102. The van der Waals surface area contributed by atoms with Gasteiger partial charge in [-0.25, -0.2) is 8.42 Å². The van der Waals surface area contributed by atoms with Crippen LogP contribution in [-0.2, 0) is 23.1 Å². The van der Waals surface area contributed by atoms with Crippen molar-refractivity contribution in [1.29, 1.82) is 0 Å². The van der Waals surface area contributed by atoms with E-state index in [1.165, 1.54) is 22.6 Å². The summed E-state index contributed by atoms with van der Waals surface area (Å²) >= 11 is 0. The van der Waals surface area contributed by atoms with E-state index < -0.39 is 10.0 Å². The van der Waals surface area contributed by atoms with Crippen molar-refractivity contribution in [2.45, 2.75) is 24.9 Å². The summed E-state index contributed by atoms with van der Waals surface area (Å²) in [5.41, 5.74) is 1.87. The molecule has 1 heterocycles. The summed E-state index contributed by atoms with van der Waals surface area (Å²) in [6.45, 7) is 2.89. The van der Waals surface area contributed by atoms with Crippen LogP contribution in [0.15, 0.2) is 71.9 Å². The topological polar surface area (TPSA) is 84.3 Å². The van der Waals surface area contributed by atoms with Crippen LogP contribution >= 0.6 is 0 Å². The molecule has 7 nitrogen and oxygen atoms in total. The van der Waals surface area contributed by atoms with Crippen LogP contribution < -0.4 is 5.32 Å². The first-order valence-corrected chi connectivity index (χ1v) is 10.3. The van der Waals surface area contributed by atoms with Gasteiger partial charge >= 0.3 is 0 Å². The Hall–Kier alpha value is -2.97. The molecule has 0 fully saturated rings. The molecule has 1 N–H and O–H groups in total. The normalized spacial score (nSPS) is 11.5. The first-order valence-electron chi connectivity index (χ1n) is 8.84. The van der Waals surface area contributed by atoms with Gasteiger partial charge in [-0.1, -0.05) is 30.3 Å². The molecular weight excluding hydrogens is 376 g/mol. The largest absolute Gasteiger partial charge is 0.322 e. The zero-order valence-electron chi connectivity index (χ0n) is 15.7. The van der Waals surface area contributed by atoms with Crippen LogP contribution in [-0.4, -0.2) is 35.5 Å². The maximum absolute atomic E-state index is 12.8. The van der Waals surface area contributed by atoms with Gasteiger partial charge in [0.15, 0.2) is 0 Å². The molecule has 0 saturated carbocycles. The first-order chi connectivity index (χ1) is 13.4. The zero-order chi connectivity index (χ0) is 20.1. The molecule has 2 aromatic carbocycles. The Morgan fingerprint density at radius 2 is 1.79 bits per heavy atom. The molecule has 0 saturated heterocycles. The van der Waals surface area contributed by atoms with Gasteiger partial charge in [0.25, 0.3) is 5.91 Å². The van der Waals surface area contributed by atoms with Gasteiger partial charge in [0.05, 0.1) is 16.7 Å². The van der Waals surface area contributed by atoms with Crippen LogP contribution in [0.5, 0.6) is 0 Å². The second kappa shape index (κ2) is 8.37. The summed E-state index contributed by atoms with van der Waals surface area (Å²) in [5.74, 6) is -0.295. The number of carbonyl (C=O) groups excluding carboxylic acids is 1. The number of sulfonamides is 1. The highest BCUT2D eigenvalue weighted by atomic mass is 32.2. The molecule has 8 heteroatoms. The quantitative estimate of drug-likeness (QED) is 0.663. The van der Waals surface area contributed by atoms with Gasteiger partial charge in [0.2, 0.25) is 10.0 Å².